The fraction of sp³-hybridized carbons (Fsp3) is 0.440. The number of nitrogens with zero attached hydrogens (tertiary/aromatic N) is 1. The lowest BCUT2D eigenvalue weighted by atomic mass is 9.99. The first-order chi connectivity index (χ1) is 13.8. The van der Waals surface area contributed by atoms with Gasteiger partial charge in [0.25, 0.3) is 0 Å². The van der Waals surface area contributed by atoms with Crippen molar-refractivity contribution in [3.8, 4) is 0 Å². The Labute approximate surface area is 191 Å². The molecule has 0 bridgehead atoms. The number of esters is 1. The van der Waals surface area contributed by atoms with Gasteiger partial charge in [-0.3, -0.25) is 4.79 Å². The Kier molecular flexibility index (Phi) is 11.0. The van der Waals surface area contributed by atoms with Crippen molar-refractivity contribution in [3.63, 3.8) is 0 Å². The van der Waals surface area contributed by atoms with Crippen LogP contribution in [0.3, 0.4) is 0 Å². The van der Waals surface area contributed by atoms with E-state index in [1.165, 1.54) is 31.2 Å². The van der Waals surface area contributed by atoms with Crippen LogP contribution < -0.4 is 17.0 Å². The maximum Gasteiger partial charge on any atom is 0.338 e. The molecular weight excluding hydrogens is 442 g/mol. The van der Waals surface area contributed by atoms with Gasteiger partial charge in [-0.05, 0) is 30.5 Å². The number of hydrogen-bond donors (Lipinski definition) is 0. The number of benzene rings is 2. The van der Waals surface area contributed by atoms with Gasteiger partial charge in [0.15, 0.2) is 5.78 Å². The molecule has 0 aliphatic carbocycles. The molecule has 0 unspecified atom stereocenters. The van der Waals surface area contributed by atoms with E-state index in [1.807, 2.05) is 45.4 Å². The first kappa shape index (κ1) is 26.1. The highest BCUT2D eigenvalue weighted by molar-refractivity contribution is 6.09. The maximum atomic E-state index is 12.7. The minimum absolute atomic E-state index is 0. The van der Waals surface area contributed by atoms with E-state index in [0.29, 0.717) is 23.3 Å². The third-order valence-electron chi connectivity index (χ3n) is 4.91. The number of aryl methyl sites for hydroxylation is 1. The van der Waals surface area contributed by atoms with Gasteiger partial charge < -0.3 is 26.2 Å². The number of unbranched alkanes of at least 4 members (excludes halogenated alkanes) is 3. The third kappa shape index (κ3) is 8.80. The van der Waals surface area contributed by atoms with Crippen LogP contribution in [0.25, 0.3) is 0 Å². The zero-order valence-corrected chi connectivity index (χ0v) is 20.2. The highest BCUT2D eigenvalue weighted by atomic mass is 79.9. The predicted molar refractivity (Wildman–Crippen MR) is 117 cm³/mol. The fourth-order valence-corrected chi connectivity index (χ4v) is 3.00. The molecule has 2 aromatic carbocycles. The van der Waals surface area contributed by atoms with Gasteiger partial charge in [-0.15, -0.1) is 0 Å². The van der Waals surface area contributed by atoms with E-state index in [0.717, 1.165) is 17.4 Å². The standard InChI is InChI=1S/C25H34NO3.BrH/c1-5-6-7-8-9-20-10-12-21(13-11-20)24(27)22-14-16-23(17-15-22)25(28)29-19-18-26(2,3)4;/h10-17H,5-9,18-19H2,1-4H3;1H/q+1;/p-1. The van der Waals surface area contributed by atoms with Gasteiger partial charge in [0.2, 0.25) is 0 Å². The molecule has 0 heterocycles. The molecule has 5 heteroatoms. The molecule has 164 valence electrons. The summed E-state index contributed by atoms with van der Waals surface area (Å²) < 4.78 is 6.04. The Morgan fingerprint density at radius 1 is 0.800 bits per heavy atom. The van der Waals surface area contributed by atoms with E-state index < -0.39 is 0 Å². The van der Waals surface area contributed by atoms with Crippen molar-refractivity contribution in [2.24, 2.45) is 0 Å². The second-order valence-electron chi connectivity index (χ2n) is 8.56. The van der Waals surface area contributed by atoms with Crippen LogP contribution in [0.2, 0.25) is 0 Å². The predicted octanol–water partition coefficient (Wildman–Crippen LogP) is 1.91. The lowest BCUT2D eigenvalue weighted by Gasteiger charge is -2.23. The summed E-state index contributed by atoms with van der Waals surface area (Å²) in [6.07, 6.45) is 6.00. The molecule has 0 radical (unpaired) electrons. The topological polar surface area (TPSA) is 43.4 Å². The molecule has 0 saturated heterocycles. The molecule has 0 amide bonds. The number of halogens is 1. The molecule has 0 fully saturated rings. The van der Waals surface area contributed by atoms with Gasteiger partial charge in [0.1, 0.15) is 13.2 Å². The minimum Gasteiger partial charge on any atom is -1.00 e. The lowest BCUT2D eigenvalue weighted by molar-refractivity contribution is -0.870. The molecule has 0 aliphatic rings. The molecule has 0 saturated carbocycles. The smallest absolute Gasteiger partial charge is 0.338 e. The Morgan fingerprint density at radius 3 is 1.87 bits per heavy atom. The summed E-state index contributed by atoms with van der Waals surface area (Å²) >= 11 is 0. The fourth-order valence-electron chi connectivity index (χ4n) is 3.00. The largest absolute Gasteiger partial charge is 1.00 e. The van der Waals surface area contributed by atoms with Crippen LogP contribution in [0.1, 0.15) is 64.4 Å². The number of hydrogen-bond acceptors (Lipinski definition) is 3. The van der Waals surface area contributed by atoms with Gasteiger partial charge in [0.05, 0.1) is 26.7 Å². The van der Waals surface area contributed by atoms with Crippen molar-refractivity contribution in [1.29, 1.82) is 0 Å². The Balaban J connectivity index is 0.00000450. The van der Waals surface area contributed by atoms with Crippen molar-refractivity contribution in [3.05, 3.63) is 70.8 Å². The van der Waals surface area contributed by atoms with Gasteiger partial charge in [-0.1, -0.05) is 62.6 Å². The summed E-state index contributed by atoms with van der Waals surface area (Å²) in [6.45, 7) is 3.33. The van der Waals surface area contributed by atoms with Crippen LogP contribution in [-0.4, -0.2) is 50.5 Å². The van der Waals surface area contributed by atoms with Gasteiger partial charge >= 0.3 is 5.97 Å². The van der Waals surface area contributed by atoms with E-state index in [9.17, 15) is 9.59 Å². The summed E-state index contributed by atoms with van der Waals surface area (Å²) in [5.74, 6) is -0.391. The van der Waals surface area contributed by atoms with Crippen LogP contribution in [-0.2, 0) is 11.2 Å². The molecular formula is C25H34BrNO3. The monoisotopic (exact) mass is 475 g/mol. The highest BCUT2D eigenvalue weighted by Crippen LogP contribution is 2.15. The van der Waals surface area contributed by atoms with Crippen molar-refractivity contribution in [2.45, 2.75) is 39.0 Å². The molecule has 0 N–H and O–H groups in total. The van der Waals surface area contributed by atoms with E-state index >= 15 is 0 Å². The van der Waals surface area contributed by atoms with Crippen molar-refractivity contribution in [1.82, 2.24) is 0 Å². The molecule has 0 spiro atoms. The van der Waals surface area contributed by atoms with Crippen molar-refractivity contribution >= 4 is 11.8 Å². The first-order valence-electron chi connectivity index (χ1n) is 10.5. The van der Waals surface area contributed by atoms with E-state index in [2.05, 4.69) is 6.92 Å². The van der Waals surface area contributed by atoms with E-state index in [4.69, 9.17) is 4.74 Å². The third-order valence-corrected chi connectivity index (χ3v) is 4.91. The van der Waals surface area contributed by atoms with Gasteiger partial charge in [0, 0.05) is 11.1 Å². The molecule has 0 aliphatic heterocycles. The normalized spacial score (nSPS) is 10.9. The van der Waals surface area contributed by atoms with Crippen molar-refractivity contribution < 1.29 is 35.8 Å². The lowest BCUT2D eigenvalue weighted by Crippen LogP contribution is -3.00. The second-order valence-corrected chi connectivity index (χ2v) is 8.56. The number of rotatable bonds is 11. The van der Waals surface area contributed by atoms with Crippen LogP contribution in [0, 0.1) is 0 Å². The number of likely N-dealkylation sites (N-methyl/N-ethyl adjacent to an activating group) is 1. The van der Waals surface area contributed by atoms with E-state index in [1.54, 1.807) is 24.3 Å². The maximum absolute atomic E-state index is 12.7. The molecule has 2 rings (SSSR count). The van der Waals surface area contributed by atoms with Crippen LogP contribution in [0.5, 0.6) is 0 Å². The van der Waals surface area contributed by atoms with Crippen molar-refractivity contribution in [2.75, 3.05) is 34.3 Å². The first-order valence-corrected chi connectivity index (χ1v) is 10.5. The number of ether oxygens (including phenoxy) is 1. The summed E-state index contributed by atoms with van der Waals surface area (Å²) in [4.78, 5) is 24.8. The number of carbonyl (C=O) groups excluding carboxylic acids is 2. The summed E-state index contributed by atoms with van der Waals surface area (Å²) in [5.41, 5.74) is 2.97. The summed E-state index contributed by atoms with van der Waals surface area (Å²) in [5, 5.41) is 0. The minimum atomic E-state index is -0.357. The molecule has 2 aromatic rings. The Bertz CT molecular complexity index is 793. The van der Waals surface area contributed by atoms with E-state index in [-0.39, 0.29) is 28.7 Å². The molecule has 0 aromatic heterocycles. The molecule has 4 nitrogen and oxygen atoms in total. The zero-order valence-electron chi connectivity index (χ0n) is 18.6. The molecule has 30 heavy (non-hydrogen) atoms. The highest BCUT2D eigenvalue weighted by Gasteiger charge is 2.13. The van der Waals surface area contributed by atoms with Gasteiger partial charge in [-0.2, -0.15) is 0 Å². The Hall–Kier alpha value is -1.98. The Morgan fingerprint density at radius 2 is 1.33 bits per heavy atom. The average molecular weight is 476 g/mol. The number of ketones is 1. The van der Waals surface area contributed by atoms with Crippen LogP contribution in [0.15, 0.2) is 48.5 Å². The molecule has 0 atom stereocenters. The zero-order chi connectivity index (χ0) is 21.3. The number of quaternary nitrogens is 1. The second kappa shape index (κ2) is 12.7. The van der Waals surface area contributed by atoms with Crippen LogP contribution in [0.4, 0.5) is 0 Å². The van der Waals surface area contributed by atoms with Gasteiger partial charge in [-0.25, -0.2) is 4.79 Å². The summed E-state index contributed by atoms with van der Waals surface area (Å²) in [6, 6.07) is 14.6. The van der Waals surface area contributed by atoms with Crippen LogP contribution >= 0.6 is 0 Å². The number of carbonyl (C=O) groups is 2. The quantitative estimate of drug-likeness (QED) is 0.216. The summed E-state index contributed by atoms with van der Waals surface area (Å²) in [7, 11) is 6.15. The average Bonchev–Trinajstić information content (AvgIpc) is 2.70. The SMILES string of the molecule is CCCCCCc1ccc(C(=O)c2ccc(C(=O)OCC[N+](C)(C)C)cc2)cc1.[Br-].